The Bertz CT molecular complexity index is 684. The predicted octanol–water partition coefficient (Wildman–Crippen LogP) is 5.58. The van der Waals surface area contributed by atoms with Crippen molar-refractivity contribution in [3.05, 3.63) is 39.3 Å². The highest BCUT2D eigenvalue weighted by atomic mass is 32.1. The molecule has 0 aliphatic carbocycles. The standard InChI is InChI=1S/C7H11NO.C6H10N2O.C6H10N2S/c1-5(2)7-4-6(3)8-9-7;2*1-4(2)6-8-7-5(3)9-6/h4-5H,1-3H3;2*4H,1-3H3. The first kappa shape index (κ1) is 23.0. The van der Waals surface area contributed by atoms with Gasteiger partial charge in [0.15, 0.2) is 0 Å². The van der Waals surface area contributed by atoms with Gasteiger partial charge in [-0.3, -0.25) is 0 Å². The predicted molar refractivity (Wildman–Crippen MR) is 107 cm³/mol. The molecule has 0 aliphatic heterocycles. The highest BCUT2D eigenvalue weighted by molar-refractivity contribution is 7.11. The lowest BCUT2D eigenvalue weighted by atomic mass is 10.1. The van der Waals surface area contributed by atoms with Gasteiger partial charge in [0.2, 0.25) is 11.8 Å². The Hall–Kier alpha value is -2.09. The summed E-state index contributed by atoms with van der Waals surface area (Å²) in [6, 6.07) is 1.96. The Morgan fingerprint density at radius 3 is 1.70 bits per heavy atom. The topological polar surface area (TPSA) is 90.7 Å². The van der Waals surface area contributed by atoms with Gasteiger partial charge >= 0.3 is 0 Å². The van der Waals surface area contributed by atoms with Crippen molar-refractivity contribution in [3.63, 3.8) is 0 Å². The first-order valence-corrected chi connectivity index (χ1v) is 9.95. The van der Waals surface area contributed by atoms with Gasteiger partial charge in [0.25, 0.3) is 0 Å². The van der Waals surface area contributed by atoms with Crippen LogP contribution in [-0.4, -0.2) is 25.6 Å². The minimum atomic E-state index is 0.339. The first-order chi connectivity index (χ1) is 12.6. The second kappa shape index (κ2) is 10.9. The van der Waals surface area contributed by atoms with Gasteiger partial charge in [0.1, 0.15) is 15.8 Å². The molecule has 0 saturated carbocycles. The lowest BCUT2D eigenvalue weighted by molar-refractivity contribution is 0.368. The van der Waals surface area contributed by atoms with Crippen molar-refractivity contribution in [3.8, 4) is 0 Å². The van der Waals surface area contributed by atoms with Crippen LogP contribution in [0.25, 0.3) is 0 Å². The van der Waals surface area contributed by atoms with Crippen LogP contribution in [-0.2, 0) is 0 Å². The van der Waals surface area contributed by atoms with E-state index in [1.807, 2.05) is 33.8 Å². The summed E-state index contributed by atoms with van der Waals surface area (Å²) in [5.74, 6) is 3.63. The van der Waals surface area contributed by atoms with E-state index in [2.05, 4.69) is 53.2 Å². The molecular weight excluding hydrogens is 362 g/mol. The lowest BCUT2D eigenvalue weighted by Crippen LogP contribution is -1.85. The summed E-state index contributed by atoms with van der Waals surface area (Å²) in [7, 11) is 0. The highest BCUT2D eigenvalue weighted by Gasteiger charge is 2.05. The average molecular weight is 394 g/mol. The molecule has 0 N–H and O–H groups in total. The molecule has 0 unspecified atom stereocenters. The SMILES string of the molecule is Cc1cc(C(C)C)on1.Cc1nnc(C(C)C)o1.Cc1nnc(C(C)C)s1. The maximum atomic E-state index is 5.12. The number of nitrogens with zero attached hydrogens (tertiary/aromatic N) is 5. The summed E-state index contributed by atoms with van der Waals surface area (Å²) in [6.07, 6.45) is 0. The Kier molecular flexibility index (Phi) is 9.28. The van der Waals surface area contributed by atoms with E-state index in [-0.39, 0.29) is 0 Å². The van der Waals surface area contributed by atoms with E-state index in [9.17, 15) is 0 Å². The molecule has 150 valence electrons. The van der Waals surface area contributed by atoms with E-state index < -0.39 is 0 Å². The van der Waals surface area contributed by atoms with Crippen LogP contribution >= 0.6 is 11.3 Å². The maximum Gasteiger partial charge on any atom is 0.219 e. The zero-order valence-corrected chi connectivity index (χ0v) is 18.6. The molecule has 0 radical (unpaired) electrons. The molecule has 0 atom stereocenters. The van der Waals surface area contributed by atoms with Crippen LogP contribution in [0.15, 0.2) is 15.0 Å². The third-order valence-corrected chi connectivity index (χ3v) is 4.43. The minimum Gasteiger partial charge on any atom is -0.425 e. The van der Waals surface area contributed by atoms with Crippen LogP contribution in [0.4, 0.5) is 0 Å². The third kappa shape index (κ3) is 8.43. The summed E-state index contributed by atoms with van der Waals surface area (Å²) in [5.41, 5.74) is 0.957. The van der Waals surface area contributed by atoms with Crippen LogP contribution in [0, 0.1) is 20.8 Å². The molecule has 0 aliphatic rings. The maximum absolute atomic E-state index is 5.12. The van der Waals surface area contributed by atoms with E-state index in [0.717, 1.165) is 21.5 Å². The van der Waals surface area contributed by atoms with Crippen molar-refractivity contribution in [2.45, 2.75) is 80.1 Å². The van der Waals surface area contributed by atoms with Gasteiger partial charge in [-0.2, -0.15) is 0 Å². The normalized spacial score (nSPS) is 10.7. The molecule has 0 saturated heterocycles. The molecule has 0 bridgehead atoms. The Labute approximate surface area is 165 Å². The van der Waals surface area contributed by atoms with E-state index >= 15 is 0 Å². The van der Waals surface area contributed by atoms with Crippen LogP contribution in [0.1, 0.15) is 92.5 Å². The highest BCUT2D eigenvalue weighted by Crippen LogP contribution is 2.17. The third-order valence-electron chi connectivity index (χ3n) is 3.29. The van der Waals surface area contributed by atoms with Crippen LogP contribution in [0.3, 0.4) is 0 Å². The average Bonchev–Trinajstić information content (AvgIpc) is 3.30. The summed E-state index contributed by atoms with van der Waals surface area (Å²) < 4.78 is 10.1. The quantitative estimate of drug-likeness (QED) is 0.573. The van der Waals surface area contributed by atoms with E-state index in [1.54, 1.807) is 18.3 Å². The number of hydrogen-bond donors (Lipinski definition) is 0. The van der Waals surface area contributed by atoms with E-state index in [4.69, 9.17) is 8.94 Å². The largest absolute Gasteiger partial charge is 0.425 e. The van der Waals surface area contributed by atoms with Crippen LogP contribution in [0.2, 0.25) is 0 Å². The molecule has 8 heteroatoms. The van der Waals surface area contributed by atoms with Crippen molar-refractivity contribution in [1.29, 1.82) is 0 Å². The van der Waals surface area contributed by atoms with Crippen LogP contribution in [0.5, 0.6) is 0 Å². The Morgan fingerprint density at radius 2 is 1.48 bits per heavy atom. The fourth-order valence-electron chi connectivity index (χ4n) is 1.75. The van der Waals surface area contributed by atoms with Crippen molar-refractivity contribution in [2.24, 2.45) is 0 Å². The molecule has 3 aromatic rings. The minimum absolute atomic E-state index is 0.339. The second-order valence-electron chi connectivity index (χ2n) is 7.15. The van der Waals surface area contributed by atoms with Gasteiger partial charge < -0.3 is 8.94 Å². The Balaban J connectivity index is 0.000000202. The van der Waals surface area contributed by atoms with Crippen LogP contribution < -0.4 is 0 Å². The molecular formula is C19H31N5O2S. The number of hydrogen-bond acceptors (Lipinski definition) is 8. The summed E-state index contributed by atoms with van der Waals surface area (Å²) in [5, 5.41) is 21.4. The number of rotatable bonds is 3. The lowest BCUT2D eigenvalue weighted by Gasteiger charge is -1.92. The van der Waals surface area contributed by atoms with Gasteiger partial charge in [-0.25, -0.2) is 0 Å². The molecule has 7 nitrogen and oxygen atoms in total. The van der Waals surface area contributed by atoms with Gasteiger partial charge in [-0.1, -0.05) is 46.7 Å². The Morgan fingerprint density at radius 1 is 0.815 bits per heavy atom. The first-order valence-electron chi connectivity index (χ1n) is 9.13. The summed E-state index contributed by atoms with van der Waals surface area (Å²) in [6.45, 7) is 18.2. The summed E-state index contributed by atoms with van der Waals surface area (Å²) in [4.78, 5) is 0. The monoisotopic (exact) mass is 393 g/mol. The molecule has 27 heavy (non-hydrogen) atoms. The molecule has 0 amide bonds. The fourth-order valence-corrected chi connectivity index (χ4v) is 2.45. The number of aryl methyl sites for hydroxylation is 3. The zero-order chi connectivity index (χ0) is 20.6. The smallest absolute Gasteiger partial charge is 0.219 e. The van der Waals surface area contributed by atoms with Crippen molar-refractivity contribution in [1.82, 2.24) is 25.6 Å². The van der Waals surface area contributed by atoms with Gasteiger partial charge in [-0.15, -0.1) is 31.7 Å². The molecule has 0 aromatic carbocycles. The van der Waals surface area contributed by atoms with E-state index in [1.165, 1.54) is 0 Å². The van der Waals surface area contributed by atoms with Gasteiger partial charge in [0, 0.05) is 30.7 Å². The van der Waals surface area contributed by atoms with Gasteiger partial charge in [0.05, 0.1) is 5.69 Å². The van der Waals surface area contributed by atoms with E-state index in [0.29, 0.717) is 29.5 Å². The zero-order valence-electron chi connectivity index (χ0n) is 17.8. The number of aromatic nitrogens is 5. The van der Waals surface area contributed by atoms with Gasteiger partial charge in [-0.05, 0) is 13.8 Å². The summed E-state index contributed by atoms with van der Waals surface area (Å²) >= 11 is 1.67. The molecule has 0 spiro atoms. The second-order valence-corrected chi connectivity index (χ2v) is 8.37. The molecule has 3 aromatic heterocycles. The molecule has 3 heterocycles. The van der Waals surface area contributed by atoms with Crippen molar-refractivity contribution < 1.29 is 8.94 Å². The fraction of sp³-hybridized carbons (Fsp3) is 0.632. The molecule has 3 rings (SSSR count). The van der Waals surface area contributed by atoms with Crippen molar-refractivity contribution in [2.75, 3.05) is 0 Å². The molecule has 0 fully saturated rings. The van der Waals surface area contributed by atoms with Crippen molar-refractivity contribution >= 4 is 11.3 Å².